The van der Waals surface area contributed by atoms with Crippen LogP contribution in [0.25, 0.3) is 0 Å². The van der Waals surface area contributed by atoms with Crippen LogP contribution in [0.5, 0.6) is 0 Å². The molecule has 1 amide bonds. The van der Waals surface area contributed by atoms with E-state index in [4.69, 9.17) is 23.2 Å². The summed E-state index contributed by atoms with van der Waals surface area (Å²) < 4.78 is 26.5. The van der Waals surface area contributed by atoms with Crippen LogP contribution in [0.4, 0.5) is 0 Å². The summed E-state index contributed by atoms with van der Waals surface area (Å²) in [4.78, 5) is 11.4. The molecule has 0 aliphatic carbocycles. The van der Waals surface area contributed by atoms with Crippen LogP contribution in [0.3, 0.4) is 0 Å². The largest absolute Gasteiger partial charge is 0.354 e. The van der Waals surface area contributed by atoms with E-state index in [0.29, 0.717) is 16.1 Å². The van der Waals surface area contributed by atoms with E-state index in [1.165, 1.54) is 0 Å². The first-order valence-corrected chi connectivity index (χ1v) is 8.17. The third-order valence-corrected chi connectivity index (χ3v) is 6.20. The predicted octanol–water partition coefficient (Wildman–Crippen LogP) is 1.73. The van der Waals surface area contributed by atoms with Crippen LogP contribution in [0.1, 0.15) is 11.1 Å². The van der Waals surface area contributed by atoms with Gasteiger partial charge in [-0.25, -0.2) is 8.42 Å². The highest BCUT2D eigenvalue weighted by molar-refractivity contribution is 7.89. The number of amides is 1. The van der Waals surface area contributed by atoms with Gasteiger partial charge in [-0.15, -0.1) is 0 Å². The van der Waals surface area contributed by atoms with Gasteiger partial charge in [-0.2, -0.15) is 4.31 Å². The summed E-state index contributed by atoms with van der Waals surface area (Å²) >= 11 is 12.2. The Morgan fingerprint density at radius 3 is 2.55 bits per heavy atom. The zero-order valence-corrected chi connectivity index (χ0v) is 13.4. The van der Waals surface area contributed by atoms with E-state index >= 15 is 0 Å². The minimum atomic E-state index is -3.85. The number of carbonyl (C=O) groups excluding carboxylic acids is 1. The second-order valence-corrected chi connectivity index (χ2v) is 7.29. The number of hydrogen-bond donors (Lipinski definition) is 1. The molecule has 1 aliphatic rings. The van der Waals surface area contributed by atoms with Gasteiger partial charge in [0.2, 0.25) is 15.9 Å². The normalized spacial score (nSPS) is 17.1. The van der Waals surface area contributed by atoms with Crippen molar-refractivity contribution in [2.45, 2.75) is 18.7 Å². The van der Waals surface area contributed by atoms with Gasteiger partial charge in [0.1, 0.15) is 4.90 Å². The zero-order valence-electron chi connectivity index (χ0n) is 11.0. The lowest BCUT2D eigenvalue weighted by molar-refractivity contribution is -0.122. The Kier molecular flexibility index (Phi) is 4.30. The summed E-state index contributed by atoms with van der Waals surface area (Å²) in [5.41, 5.74) is 0.982. The highest BCUT2D eigenvalue weighted by atomic mass is 35.5. The lowest BCUT2D eigenvalue weighted by Gasteiger charge is -2.27. The number of aryl methyl sites for hydroxylation is 1. The molecule has 20 heavy (non-hydrogen) atoms. The van der Waals surface area contributed by atoms with Gasteiger partial charge in [-0.1, -0.05) is 23.2 Å². The minimum Gasteiger partial charge on any atom is -0.354 e. The van der Waals surface area contributed by atoms with Gasteiger partial charge in [-0.05, 0) is 31.0 Å². The van der Waals surface area contributed by atoms with Crippen LogP contribution < -0.4 is 5.32 Å². The lowest BCUT2D eigenvalue weighted by Crippen LogP contribution is -2.50. The van der Waals surface area contributed by atoms with E-state index in [1.54, 1.807) is 19.9 Å². The second kappa shape index (κ2) is 5.52. The van der Waals surface area contributed by atoms with Crippen molar-refractivity contribution in [3.63, 3.8) is 0 Å². The zero-order chi connectivity index (χ0) is 15.1. The van der Waals surface area contributed by atoms with Gasteiger partial charge in [0.25, 0.3) is 0 Å². The quantitative estimate of drug-likeness (QED) is 0.894. The molecule has 2 rings (SSSR count). The molecule has 110 valence electrons. The summed E-state index contributed by atoms with van der Waals surface area (Å²) in [6, 6.07) is 1.63. The Hall–Kier alpha value is -0.820. The number of carbonyl (C=O) groups is 1. The molecule has 0 radical (unpaired) electrons. The van der Waals surface area contributed by atoms with Crippen molar-refractivity contribution in [1.29, 1.82) is 0 Å². The van der Waals surface area contributed by atoms with Crippen LogP contribution in [-0.4, -0.2) is 38.3 Å². The number of rotatable bonds is 2. The summed E-state index contributed by atoms with van der Waals surface area (Å²) in [6.45, 7) is 3.59. The summed E-state index contributed by atoms with van der Waals surface area (Å²) in [7, 11) is -3.85. The van der Waals surface area contributed by atoms with E-state index in [-0.39, 0.29) is 35.5 Å². The number of hydrogen-bond acceptors (Lipinski definition) is 3. The molecule has 0 atom stereocenters. The van der Waals surface area contributed by atoms with Gasteiger partial charge in [-0.3, -0.25) is 4.79 Å². The maximum atomic E-state index is 12.7. The number of sulfonamides is 1. The fourth-order valence-electron chi connectivity index (χ4n) is 2.07. The maximum Gasteiger partial charge on any atom is 0.245 e. The van der Waals surface area contributed by atoms with Crippen molar-refractivity contribution in [3.05, 3.63) is 27.2 Å². The molecule has 0 spiro atoms. The predicted molar refractivity (Wildman–Crippen MR) is 77.7 cm³/mol. The lowest BCUT2D eigenvalue weighted by atomic mass is 10.2. The molecule has 1 fully saturated rings. The van der Waals surface area contributed by atoms with Gasteiger partial charge in [0.15, 0.2) is 0 Å². The molecule has 0 aromatic heterocycles. The smallest absolute Gasteiger partial charge is 0.245 e. The molecule has 0 unspecified atom stereocenters. The number of nitrogens with one attached hydrogen (secondary N) is 1. The molecule has 1 N–H and O–H groups in total. The average Bonchev–Trinajstić information content (AvgIpc) is 2.36. The van der Waals surface area contributed by atoms with Gasteiger partial charge in [0, 0.05) is 18.1 Å². The third-order valence-electron chi connectivity index (χ3n) is 3.19. The van der Waals surface area contributed by atoms with Crippen molar-refractivity contribution in [1.82, 2.24) is 9.62 Å². The molecule has 8 heteroatoms. The van der Waals surface area contributed by atoms with Crippen LogP contribution in [0, 0.1) is 13.8 Å². The molecule has 1 aliphatic heterocycles. The van der Waals surface area contributed by atoms with E-state index in [2.05, 4.69) is 5.32 Å². The van der Waals surface area contributed by atoms with Crippen molar-refractivity contribution in [3.8, 4) is 0 Å². The SMILES string of the molecule is Cc1cc(Cl)c(C)c(S(=O)(=O)N2CCNC(=O)C2)c1Cl. The Labute approximate surface area is 127 Å². The fourth-order valence-corrected chi connectivity index (χ4v) is 4.63. The number of piperazine rings is 1. The van der Waals surface area contributed by atoms with Crippen LogP contribution in [0.2, 0.25) is 10.0 Å². The first-order valence-electron chi connectivity index (χ1n) is 5.97. The summed E-state index contributed by atoms with van der Waals surface area (Å²) in [6.07, 6.45) is 0. The molecule has 1 saturated heterocycles. The third kappa shape index (κ3) is 2.65. The Morgan fingerprint density at radius 1 is 1.30 bits per heavy atom. The second-order valence-electron chi connectivity index (χ2n) is 4.63. The van der Waals surface area contributed by atoms with E-state index in [1.807, 2.05) is 0 Å². The first kappa shape index (κ1) is 15.6. The molecule has 1 aromatic carbocycles. The van der Waals surface area contributed by atoms with Gasteiger partial charge >= 0.3 is 0 Å². The molecule has 1 aromatic rings. The Morgan fingerprint density at radius 2 is 1.95 bits per heavy atom. The number of nitrogens with zero attached hydrogens (tertiary/aromatic N) is 1. The van der Waals surface area contributed by atoms with E-state index in [0.717, 1.165) is 4.31 Å². The summed E-state index contributed by atoms with van der Waals surface area (Å²) in [5, 5.41) is 3.07. The van der Waals surface area contributed by atoms with Crippen molar-refractivity contribution >= 4 is 39.1 Å². The first-order chi connectivity index (χ1) is 9.25. The number of benzene rings is 1. The van der Waals surface area contributed by atoms with Crippen LogP contribution in [-0.2, 0) is 14.8 Å². The molecule has 5 nitrogen and oxygen atoms in total. The van der Waals surface area contributed by atoms with Crippen molar-refractivity contribution in [2.24, 2.45) is 0 Å². The molecule has 0 saturated carbocycles. The Balaban J connectivity index is 2.57. The molecule has 0 bridgehead atoms. The minimum absolute atomic E-state index is 0.0149. The van der Waals surface area contributed by atoms with E-state index < -0.39 is 10.0 Å². The molecular formula is C12H14Cl2N2O3S. The van der Waals surface area contributed by atoms with Crippen molar-refractivity contribution in [2.75, 3.05) is 19.6 Å². The van der Waals surface area contributed by atoms with Crippen molar-refractivity contribution < 1.29 is 13.2 Å². The monoisotopic (exact) mass is 336 g/mol. The fraction of sp³-hybridized carbons (Fsp3) is 0.417. The highest BCUT2D eigenvalue weighted by Gasteiger charge is 2.33. The maximum absolute atomic E-state index is 12.7. The average molecular weight is 337 g/mol. The summed E-state index contributed by atoms with van der Waals surface area (Å²) in [5.74, 6) is -0.327. The standard InChI is InChI=1S/C12H14Cl2N2O3S/c1-7-5-9(13)8(2)12(11(7)14)20(18,19)16-4-3-15-10(17)6-16/h5H,3-4,6H2,1-2H3,(H,15,17). The molecular weight excluding hydrogens is 323 g/mol. The van der Waals surface area contributed by atoms with Gasteiger partial charge in [0.05, 0.1) is 11.6 Å². The van der Waals surface area contributed by atoms with Crippen LogP contribution >= 0.6 is 23.2 Å². The van der Waals surface area contributed by atoms with Gasteiger partial charge < -0.3 is 5.32 Å². The Bertz CT molecular complexity index is 648. The highest BCUT2D eigenvalue weighted by Crippen LogP contribution is 2.35. The number of halogens is 2. The molecule has 1 heterocycles. The van der Waals surface area contributed by atoms with Crippen LogP contribution in [0.15, 0.2) is 11.0 Å². The van der Waals surface area contributed by atoms with E-state index in [9.17, 15) is 13.2 Å². The topological polar surface area (TPSA) is 66.5 Å².